The van der Waals surface area contributed by atoms with Gasteiger partial charge in [-0.1, -0.05) is 42.0 Å². The summed E-state index contributed by atoms with van der Waals surface area (Å²) in [6.45, 7) is 3.45. The van der Waals surface area contributed by atoms with Crippen molar-refractivity contribution in [3.05, 3.63) is 50.9 Å². The first-order valence-electron chi connectivity index (χ1n) is 9.60. The summed E-state index contributed by atoms with van der Waals surface area (Å²) in [6.07, 6.45) is 2.92. The first-order chi connectivity index (χ1) is 13.5. The van der Waals surface area contributed by atoms with Crippen LogP contribution in [0.1, 0.15) is 41.3 Å². The Bertz CT molecular complexity index is 1020. The average Bonchev–Trinajstić information content (AvgIpc) is 3.48. The molecule has 1 atom stereocenters. The van der Waals surface area contributed by atoms with Gasteiger partial charge in [0.15, 0.2) is 0 Å². The molecule has 1 aromatic carbocycles. The molecule has 0 bridgehead atoms. The molecular formula is C21H20ClN3OS2. The molecule has 4 nitrogen and oxygen atoms in total. The van der Waals surface area contributed by atoms with E-state index in [9.17, 15) is 4.79 Å². The second kappa shape index (κ2) is 6.94. The van der Waals surface area contributed by atoms with Crippen molar-refractivity contribution in [3.8, 4) is 0 Å². The molecule has 1 saturated carbocycles. The van der Waals surface area contributed by atoms with Crippen LogP contribution in [0.5, 0.6) is 0 Å². The van der Waals surface area contributed by atoms with Gasteiger partial charge in [0.2, 0.25) is 5.91 Å². The number of thiocarbonyl (C=S) groups is 1. The fourth-order valence-corrected chi connectivity index (χ4v) is 5.63. The average molecular weight is 430 g/mol. The second-order valence-electron chi connectivity index (χ2n) is 7.61. The molecule has 1 amide bonds. The number of aliphatic imine (C=N–C) groups is 1. The zero-order valence-electron chi connectivity index (χ0n) is 15.5. The highest BCUT2D eigenvalue weighted by atomic mass is 35.5. The van der Waals surface area contributed by atoms with Gasteiger partial charge in [0.25, 0.3) is 0 Å². The van der Waals surface area contributed by atoms with E-state index in [1.807, 2.05) is 36.1 Å². The van der Waals surface area contributed by atoms with Gasteiger partial charge in [0, 0.05) is 33.5 Å². The quantitative estimate of drug-likeness (QED) is 0.705. The summed E-state index contributed by atoms with van der Waals surface area (Å²) in [5.41, 5.74) is 4.22. The molecule has 1 N–H and O–H groups in total. The number of amides is 1. The number of rotatable bonds is 2. The van der Waals surface area contributed by atoms with Crippen molar-refractivity contribution in [1.29, 1.82) is 0 Å². The van der Waals surface area contributed by atoms with Crippen LogP contribution in [0.2, 0.25) is 5.02 Å². The van der Waals surface area contributed by atoms with Crippen molar-refractivity contribution < 1.29 is 4.79 Å². The minimum Gasteiger partial charge on any atom is -0.339 e. The van der Waals surface area contributed by atoms with Gasteiger partial charge in [-0.2, -0.15) is 0 Å². The fraction of sp³-hybridized carbons (Fsp3) is 0.381. The molecule has 1 aromatic heterocycles. The molecule has 2 aliphatic heterocycles. The fourth-order valence-electron chi connectivity index (χ4n) is 3.91. The SMILES string of the molecule is CC1N=C(c2ccccc2Cl)c2c(sc3c2CCN(C(=O)C2CC2)C3)NC1=S. The van der Waals surface area contributed by atoms with Crippen molar-refractivity contribution in [3.63, 3.8) is 0 Å². The monoisotopic (exact) mass is 429 g/mol. The van der Waals surface area contributed by atoms with Crippen LogP contribution in [-0.4, -0.2) is 34.1 Å². The highest BCUT2D eigenvalue weighted by Gasteiger charge is 2.37. The minimum atomic E-state index is -0.118. The van der Waals surface area contributed by atoms with Crippen LogP contribution in [0.4, 0.5) is 5.00 Å². The molecule has 7 heteroatoms. The lowest BCUT2D eigenvalue weighted by Gasteiger charge is -2.27. The Labute approximate surface area is 178 Å². The standard InChI is InChI=1S/C21H20ClN3OS2/c1-11-19(27)24-20-17(18(23-11)13-4-2-3-5-15(13)22)14-8-9-25(10-16(14)28-20)21(26)12-6-7-12/h2-5,11-12H,6-10H2,1H3,(H,24,27). The maximum atomic E-state index is 12.5. The van der Waals surface area contributed by atoms with Gasteiger partial charge in [0.1, 0.15) is 9.99 Å². The number of halogens is 1. The van der Waals surface area contributed by atoms with Gasteiger partial charge < -0.3 is 10.2 Å². The Hall–Kier alpha value is -1.76. The summed E-state index contributed by atoms with van der Waals surface area (Å²) in [6, 6.07) is 7.71. The molecule has 5 rings (SSSR count). The molecule has 1 fully saturated rings. The Morgan fingerprint density at radius 1 is 1.36 bits per heavy atom. The Morgan fingerprint density at radius 2 is 2.14 bits per heavy atom. The first-order valence-corrected chi connectivity index (χ1v) is 11.2. The highest BCUT2D eigenvalue weighted by molar-refractivity contribution is 7.80. The van der Waals surface area contributed by atoms with Crippen molar-refractivity contribution in [2.45, 2.75) is 38.8 Å². The van der Waals surface area contributed by atoms with E-state index in [4.69, 9.17) is 28.8 Å². The predicted molar refractivity (Wildman–Crippen MR) is 119 cm³/mol. The Kier molecular flexibility index (Phi) is 4.53. The number of nitrogens with zero attached hydrogens (tertiary/aromatic N) is 2. The topological polar surface area (TPSA) is 44.7 Å². The summed E-state index contributed by atoms with van der Waals surface area (Å²) in [4.78, 5) is 21.5. The number of anilines is 1. The molecule has 1 aliphatic carbocycles. The van der Waals surface area contributed by atoms with Crippen LogP contribution in [0.25, 0.3) is 0 Å². The van der Waals surface area contributed by atoms with E-state index >= 15 is 0 Å². The van der Waals surface area contributed by atoms with E-state index in [0.717, 1.165) is 47.6 Å². The van der Waals surface area contributed by atoms with Gasteiger partial charge in [-0.25, -0.2) is 0 Å². The van der Waals surface area contributed by atoms with Crippen LogP contribution in [-0.2, 0) is 17.8 Å². The van der Waals surface area contributed by atoms with E-state index in [1.54, 1.807) is 11.3 Å². The molecule has 2 aromatic rings. The smallest absolute Gasteiger partial charge is 0.226 e. The van der Waals surface area contributed by atoms with Crippen LogP contribution < -0.4 is 5.32 Å². The van der Waals surface area contributed by atoms with Gasteiger partial charge in [-0.15, -0.1) is 11.3 Å². The molecule has 3 aliphatic rings. The summed E-state index contributed by atoms with van der Waals surface area (Å²) >= 11 is 13.8. The molecule has 28 heavy (non-hydrogen) atoms. The van der Waals surface area contributed by atoms with Crippen molar-refractivity contribution in [1.82, 2.24) is 4.90 Å². The molecule has 1 unspecified atom stereocenters. The normalized spacial score (nSPS) is 21.4. The lowest BCUT2D eigenvalue weighted by molar-refractivity contribution is -0.133. The maximum absolute atomic E-state index is 12.5. The highest BCUT2D eigenvalue weighted by Crippen LogP contribution is 2.42. The number of thiophene rings is 1. The van der Waals surface area contributed by atoms with E-state index in [0.29, 0.717) is 22.5 Å². The van der Waals surface area contributed by atoms with Crippen LogP contribution in [0, 0.1) is 5.92 Å². The number of carbonyl (C=O) groups excluding carboxylic acids is 1. The summed E-state index contributed by atoms with van der Waals surface area (Å²) in [7, 11) is 0. The number of carbonyl (C=O) groups is 1. The molecule has 0 spiro atoms. The second-order valence-corrected chi connectivity index (χ2v) is 9.57. The van der Waals surface area contributed by atoms with Crippen molar-refractivity contribution in [2.75, 3.05) is 11.9 Å². The van der Waals surface area contributed by atoms with Crippen LogP contribution in [0.15, 0.2) is 29.3 Å². The van der Waals surface area contributed by atoms with E-state index in [1.165, 1.54) is 10.4 Å². The lowest BCUT2D eigenvalue weighted by atomic mass is 9.95. The van der Waals surface area contributed by atoms with Crippen LogP contribution >= 0.6 is 35.2 Å². The number of nitrogens with one attached hydrogen (secondary N) is 1. The third-order valence-electron chi connectivity index (χ3n) is 5.60. The summed E-state index contributed by atoms with van der Waals surface area (Å²) < 4.78 is 0. The molecular weight excluding hydrogens is 410 g/mol. The predicted octanol–water partition coefficient (Wildman–Crippen LogP) is 4.68. The number of hydrogen-bond acceptors (Lipinski definition) is 4. The molecule has 144 valence electrons. The number of benzene rings is 1. The van der Waals surface area contributed by atoms with Gasteiger partial charge in [0.05, 0.1) is 18.3 Å². The van der Waals surface area contributed by atoms with Gasteiger partial charge in [-0.05, 0) is 37.8 Å². The van der Waals surface area contributed by atoms with Crippen molar-refractivity contribution in [2.24, 2.45) is 10.9 Å². The zero-order chi connectivity index (χ0) is 19.4. The zero-order valence-corrected chi connectivity index (χ0v) is 17.9. The first kappa shape index (κ1) is 18.3. The molecule has 3 heterocycles. The summed E-state index contributed by atoms with van der Waals surface area (Å²) in [5, 5.41) is 5.13. The maximum Gasteiger partial charge on any atom is 0.226 e. The number of hydrogen-bond donors (Lipinski definition) is 1. The van der Waals surface area contributed by atoms with Crippen molar-refractivity contribution >= 4 is 56.8 Å². The van der Waals surface area contributed by atoms with E-state index in [2.05, 4.69) is 5.32 Å². The third-order valence-corrected chi connectivity index (χ3v) is 7.50. The summed E-state index contributed by atoms with van der Waals surface area (Å²) in [5.74, 6) is 0.567. The lowest BCUT2D eigenvalue weighted by Crippen LogP contribution is -2.36. The molecule has 0 saturated heterocycles. The largest absolute Gasteiger partial charge is 0.339 e. The van der Waals surface area contributed by atoms with E-state index < -0.39 is 0 Å². The molecule has 0 radical (unpaired) electrons. The van der Waals surface area contributed by atoms with Gasteiger partial charge >= 0.3 is 0 Å². The van der Waals surface area contributed by atoms with Crippen LogP contribution in [0.3, 0.4) is 0 Å². The number of fused-ring (bicyclic) bond motifs is 3. The van der Waals surface area contributed by atoms with E-state index in [-0.39, 0.29) is 12.0 Å². The minimum absolute atomic E-state index is 0.118. The Morgan fingerprint density at radius 3 is 2.89 bits per heavy atom. The Balaban J connectivity index is 1.61. The third kappa shape index (κ3) is 3.08. The van der Waals surface area contributed by atoms with Gasteiger partial charge in [-0.3, -0.25) is 9.79 Å².